The van der Waals surface area contributed by atoms with Crippen LogP contribution in [0.2, 0.25) is 0 Å². The van der Waals surface area contributed by atoms with Crippen LogP contribution in [0.1, 0.15) is 120 Å². The Kier molecular flexibility index (Phi) is 13.5. The van der Waals surface area contributed by atoms with Crippen LogP contribution >= 0.6 is 0 Å². The van der Waals surface area contributed by atoms with E-state index in [-0.39, 0.29) is 40.3 Å². The summed E-state index contributed by atoms with van der Waals surface area (Å²) in [7, 11) is 0. The highest BCUT2D eigenvalue weighted by molar-refractivity contribution is 5.94. The fourth-order valence-corrected chi connectivity index (χ4v) is 5.33. The summed E-state index contributed by atoms with van der Waals surface area (Å²) in [4.78, 5) is 35.7. The maximum absolute atomic E-state index is 12.6. The van der Waals surface area contributed by atoms with Crippen molar-refractivity contribution in [1.29, 1.82) is 0 Å². The van der Waals surface area contributed by atoms with Crippen molar-refractivity contribution in [3.63, 3.8) is 0 Å². The number of H-pyrrole nitrogens is 1. The highest BCUT2D eigenvalue weighted by atomic mass is 16.1. The number of carbonyl (C=O) groups is 1. The number of nitrogens with one attached hydrogen (secondary N) is 2. The van der Waals surface area contributed by atoms with Gasteiger partial charge in [-0.05, 0) is 105 Å². The molecule has 8 N–H and O–H groups in total. The summed E-state index contributed by atoms with van der Waals surface area (Å²) in [5.41, 5.74) is 23.1. The minimum absolute atomic E-state index is 0.0390. The molecule has 2 aromatic heterocycles. The van der Waals surface area contributed by atoms with Crippen LogP contribution in [0.5, 0.6) is 0 Å². The maximum Gasteiger partial charge on any atom is 0.354 e. The summed E-state index contributed by atoms with van der Waals surface area (Å²) < 4.78 is 1.58. The number of guanidine groups is 1. The van der Waals surface area contributed by atoms with Gasteiger partial charge < -0.3 is 27.5 Å². The molecule has 0 aliphatic heterocycles. The number of benzene rings is 2. The highest BCUT2D eigenvalue weighted by Crippen LogP contribution is 2.26. The lowest BCUT2D eigenvalue weighted by Gasteiger charge is -2.21. The first kappa shape index (κ1) is 39.2. The quantitative estimate of drug-likeness (QED) is 0.0518. The van der Waals surface area contributed by atoms with Crippen molar-refractivity contribution in [3.8, 4) is 5.69 Å². The predicted octanol–water partition coefficient (Wildman–Crippen LogP) is 6.18. The number of hydrogen-bond acceptors (Lipinski definition) is 6. The van der Waals surface area contributed by atoms with Gasteiger partial charge in [0, 0.05) is 46.9 Å². The molecule has 0 bridgehead atoms. The van der Waals surface area contributed by atoms with E-state index in [4.69, 9.17) is 17.2 Å². The van der Waals surface area contributed by atoms with E-state index in [0.717, 1.165) is 60.1 Å². The second kappa shape index (κ2) is 16.9. The van der Waals surface area contributed by atoms with E-state index in [9.17, 15) is 9.59 Å². The van der Waals surface area contributed by atoms with E-state index in [1.165, 1.54) is 11.1 Å². The number of nitrogens with two attached hydrogens (primary N) is 3. The number of aryl methyl sites for hydroxylation is 1. The number of aromatic amines is 1. The molecule has 0 amide bonds. The third-order valence-corrected chi connectivity index (χ3v) is 8.46. The van der Waals surface area contributed by atoms with Crippen molar-refractivity contribution in [2.45, 2.75) is 111 Å². The average Bonchev–Trinajstić information content (AvgIpc) is 3.43. The standard InChI is InChI=1S/C22H31N7O.C17H27NO/c1-14(25-10-5-11-26-20(23)24)15-6-8-17(9-7-15)29-13-16-12-18(22(2,3)4)27-19(16)28-21(29)30;1-12(18)7-6-8-14-9-15(13(2)19)11-16(10-14)17(3,4)5/h6-9,12-14,25H,5,10-11H2,1-4H3,(H4,23,24,26)(H,27,28,30);9-12H,6-8,18H2,1-5H3/t14-;12-/m00/s1. The lowest BCUT2D eigenvalue weighted by molar-refractivity contribution is 0.101. The SMILES string of the molecule is CC(=O)c1cc(CCC[C@H](C)N)cc(C(C)(C)C)c1.C[C@H](NCCCN=C(N)N)c1ccc(-n2cc3cc(C(C)(C)C)[nH]c3nc2=O)cc1. The summed E-state index contributed by atoms with van der Waals surface area (Å²) in [5.74, 6) is 0.260. The molecule has 10 heteroatoms. The fourth-order valence-electron chi connectivity index (χ4n) is 5.33. The summed E-state index contributed by atoms with van der Waals surface area (Å²) in [6, 6.07) is 16.7. The Hall–Kier alpha value is -4.28. The van der Waals surface area contributed by atoms with Crippen molar-refractivity contribution < 1.29 is 4.79 Å². The zero-order valence-corrected chi connectivity index (χ0v) is 31.0. The van der Waals surface area contributed by atoms with Crippen LogP contribution in [-0.2, 0) is 17.3 Å². The van der Waals surface area contributed by atoms with E-state index < -0.39 is 0 Å². The van der Waals surface area contributed by atoms with Crippen molar-refractivity contribution in [2.75, 3.05) is 13.1 Å². The van der Waals surface area contributed by atoms with Gasteiger partial charge in [-0.1, -0.05) is 59.7 Å². The molecule has 0 aliphatic carbocycles. The number of aliphatic imine (C=N–C) groups is 1. The molecule has 0 saturated carbocycles. The van der Waals surface area contributed by atoms with Crippen LogP contribution in [0.25, 0.3) is 16.7 Å². The Labute approximate surface area is 292 Å². The third-order valence-electron chi connectivity index (χ3n) is 8.46. The van der Waals surface area contributed by atoms with Gasteiger partial charge in [0.15, 0.2) is 11.7 Å². The molecule has 0 aliphatic rings. The summed E-state index contributed by atoms with van der Waals surface area (Å²) in [6.45, 7) is 20.1. The molecular weight excluding hydrogens is 612 g/mol. The molecule has 0 spiro atoms. The Bertz CT molecular complexity index is 1770. The Morgan fingerprint density at radius 3 is 2.22 bits per heavy atom. The van der Waals surface area contributed by atoms with Crippen molar-refractivity contribution in [2.24, 2.45) is 22.2 Å². The predicted molar refractivity (Wildman–Crippen MR) is 204 cm³/mol. The minimum Gasteiger partial charge on any atom is -0.370 e. The Balaban J connectivity index is 0.000000295. The first-order valence-corrected chi connectivity index (χ1v) is 17.3. The average molecular weight is 671 g/mol. The lowest BCUT2D eigenvalue weighted by atomic mass is 9.84. The fraction of sp³-hybridized carbons (Fsp3) is 0.487. The van der Waals surface area contributed by atoms with E-state index in [2.05, 4.69) is 80.9 Å². The van der Waals surface area contributed by atoms with Crippen molar-refractivity contribution in [3.05, 3.63) is 93.2 Å². The second-order valence-corrected chi connectivity index (χ2v) is 15.2. The molecule has 0 unspecified atom stereocenters. The van der Waals surface area contributed by atoms with E-state index in [0.29, 0.717) is 12.2 Å². The largest absolute Gasteiger partial charge is 0.370 e. The molecule has 10 nitrogen and oxygen atoms in total. The first-order chi connectivity index (χ1) is 22.8. The van der Waals surface area contributed by atoms with Gasteiger partial charge >= 0.3 is 5.69 Å². The number of aromatic nitrogens is 3. The maximum atomic E-state index is 12.6. The van der Waals surface area contributed by atoms with Gasteiger partial charge in [0.05, 0.1) is 5.69 Å². The van der Waals surface area contributed by atoms with Gasteiger partial charge in [-0.3, -0.25) is 14.4 Å². The molecular formula is C39H58N8O2. The molecule has 2 aromatic carbocycles. The summed E-state index contributed by atoms with van der Waals surface area (Å²) in [6.07, 6.45) is 5.79. The number of Topliss-reactive ketones (excluding diaryl/α,β-unsaturated/α-hetero) is 1. The second-order valence-electron chi connectivity index (χ2n) is 15.2. The molecule has 0 radical (unpaired) electrons. The summed E-state index contributed by atoms with van der Waals surface area (Å²) >= 11 is 0. The molecule has 0 fully saturated rings. The zero-order valence-electron chi connectivity index (χ0n) is 31.0. The van der Waals surface area contributed by atoms with Gasteiger partial charge in [-0.15, -0.1) is 0 Å². The molecule has 2 heterocycles. The van der Waals surface area contributed by atoms with Crippen molar-refractivity contribution in [1.82, 2.24) is 19.9 Å². The lowest BCUT2D eigenvalue weighted by Crippen LogP contribution is -2.24. The van der Waals surface area contributed by atoms with Crippen LogP contribution in [0.4, 0.5) is 0 Å². The number of fused-ring (bicyclic) bond motifs is 1. The monoisotopic (exact) mass is 670 g/mol. The first-order valence-electron chi connectivity index (χ1n) is 17.3. The Morgan fingerprint density at radius 2 is 1.65 bits per heavy atom. The van der Waals surface area contributed by atoms with Gasteiger partial charge in [-0.2, -0.15) is 4.98 Å². The molecule has 4 rings (SSSR count). The molecule has 4 aromatic rings. The highest BCUT2D eigenvalue weighted by Gasteiger charge is 2.18. The zero-order chi connectivity index (χ0) is 36.5. The van der Waals surface area contributed by atoms with Crippen LogP contribution in [0, 0.1) is 0 Å². The van der Waals surface area contributed by atoms with Crippen LogP contribution in [-0.4, -0.2) is 45.4 Å². The topological polar surface area (TPSA) is 170 Å². The Morgan fingerprint density at radius 1 is 0.980 bits per heavy atom. The number of hydrogen-bond donors (Lipinski definition) is 5. The molecule has 49 heavy (non-hydrogen) atoms. The van der Waals surface area contributed by atoms with E-state index in [1.54, 1.807) is 11.5 Å². The number of carbonyl (C=O) groups excluding carboxylic acids is 1. The van der Waals surface area contributed by atoms with Crippen LogP contribution in [0.3, 0.4) is 0 Å². The van der Waals surface area contributed by atoms with Gasteiger partial charge in [0.1, 0.15) is 5.65 Å². The summed E-state index contributed by atoms with van der Waals surface area (Å²) in [5, 5.41) is 4.36. The minimum atomic E-state index is -0.302. The molecule has 266 valence electrons. The molecule has 0 saturated heterocycles. The van der Waals surface area contributed by atoms with Crippen molar-refractivity contribution >= 4 is 22.8 Å². The van der Waals surface area contributed by atoms with E-state index in [1.807, 2.05) is 49.5 Å². The number of nitrogens with zero attached hydrogens (tertiary/aromatic N) is 3. The van der Waals surface area contributed by atoms with E-state index >= 15 is 0 Å². The van der Waals surface area contributed by atoms with Crippen LogP contribution in [0.15, 0.2) is 64.5 Å². The number of rotatable bonds is 12. The van der Waals surface area contributed by atoms with Crippen LogP contribution < -0.4 is 28.2 Å². The molecule has 2 atom stereocenters. The smallest absolute Gasteiger partial charge is 0.354 e. The van der Waals surface area contributed by atoms with Gasteiger partial charge in [0.2, 0.25) is 0 Å². The van der Waals surface area contributed by atoms with Gasteiger partial charge in [0.25, 0.3) is 0 Å². The van der Waals surface area contributed by atoms with Gasteiger partial charge in [-0.25, -0.2) is 4.79 Å². The number of ketones is 1. The normalized spacial score (nSPS) is 13.0. The third kappa shape index (κ3) is 12.0.